The van der Waals surface area contributed by atoms with E-state index in [4.69, 9.17) is 5.26 Å². The van der Waals surface area contributed by atoms with E-state index in [1.165, 1.54) is 16.8 Å². The van der Waals surface area contributed by atoms with E-state index in [1.807, 2.05) is 0 Å². The first-order valence-corrected chi connectivity index (χ1v) is 9.84. The monoisotopic (exact) mass is 429 g/mol. The first-order chi connectivity index (χ1) is 14.8. The summed E-state index contributed by atoms with van der Waals surface area (Å²) in [6.07, 6.45) is -0.519. The van der Waals surface area contributed by atoms with Crippen molar-refractivity contribution < 1.29 is 17.6 Å². The van der Waals surface area contributed by atoms with Crippen molar-refractivity contribution in [3.63, 3.8) is 0 Å². The highest BCUT2D eigenvalue weighted by atomic mass is 19.4. The van der Waals surface area contributed by atoms with Crippen LogP contribution < -0.4 is 0 Å². The number of nitriles is 1. The molecule has 0 saturated carbocycles. The lowest BCUT2D eigenvalue weighted by Crippen LogP contribution is -2.32. The van der Waals surface area contributed by atoms with E-state index in [-0.39, 0.29) is 11.7 Å². The van der Waals surface area contributed by atoms with Gasteiger partial charge in [0.15, 0.2) is 5.82 Å². The predicted molar refractivity (Wildman–Crippen MR) is 105 cm³/mol. The Morgan fingerprint density at radius 3 is 2.45 bits per heavy atom. The highest BCUT2D eigenvalue weighted by Gasteiger charge is 2.31. The fraction of sp³-hybridized carbons (Fsp3) is 0.318. The standard InChI is InChI=1S/C22H19F4N5/c23-19-4-2-1-3-18(19)21-16(13-30-9-7-15(11-27)8-10-30)14-31(29-21)20-6-5-17(12-28-20)22(24,25)26/h1-6,12,14-15H,7-10,13H2. The summed E-state index contributed by atoms with van der Waals surface area (Å²) < 4.78 is 54.4. The van der Waals surface area contributed by atoms with Gasteiger partial charge in [-0.05, 0) is 50.2 Å². The fourth-order valence-corrected chi connectivity index (χ4v) is 3.67. The van der Waals surface area contributed by atoms with Crippen LogP contribution in [0.5, 0.6) is 0 Å². The van der Waals surface area contributed by atoms with Crippen LogP contribution in [0.1, 0.15) is 24.0 Å². The number of aromatic nitrogens is 3. The van der Waals surface area contributed by atoms with Crippen LogP contribution in [-0.4, -0.2) is 32.8 Å². The van der Waals surface area contributed by atoms with Crippen molar-refractivity contribution in [2.75, 3.05) is 13.1 Å². The molecule has 1 aromatic carbocycles. The van der Waals surface area contributed by atoms with Crippen molar-refractivity contribution >= 4 is 0 Å². The Morgan fingerprint density at radius 2 is 1.84 bits per heavy atom. The van der Waals surface area contributed by atoms with Crippen LogP contribution in [0.25, 0.3) is 17.1 Å². The van der Waals surface area contributed by atoms with Gasteiger partial charge in [0, 0.05) is 36.0 Å². The van der Waals surface area contributed by atoms with Gasteiger partial charge in [0.2, 0.25) is 0 Å². The lowest BCUT2D eigenvalue weighted by atomic mass is 9.98. The number of halogens is 4. The smallest absolute Gasteiger partial charge is 0.299 e. The Kier molecular flexibility index (Phi) is 5.74. The molecule has 3 heterocycles. The first kappa shape index (κ1) is 21.0. The van der Waals surface area contributed by atoms with Gasteiger partial charge >= 0.3 is 6.18 Å². The second-order valence-corrected chi connectivity index (χ2v) is 7.51. The number of rotatable bonds is 4. The number of piperidine rings is 1. The molecule has 3 aromatic rings. The molecule has 0 bridgehead atoms. The fourth-order valence-electron chi connectivity index (χ4n) is 3.67. The van der Waals surface area contributed by atoms with Crippen molar-refractivity contribution in [1.82, 2.24) is 19.7 Å². The second kappa shape index (κ2) is 8.47. The molecule has 31 heavy (non-hydrogen) atoms. The molecule has 5 nitrogen and oxygen atoms in total. The number of alkyl halides is 3. The van der Waals surface area contributed by atoms with Crippen molar-refractivity contribution in [2.24, 2.45) is 5.92 Å². The van der Waals surface area contributed by atoms with Gasteiger partial charge in [0.1, 0.15) is 11.5 Å². The molecule has 0 N–H and O–H groups in total. The molecular weight excluding hydrogens is 410 g/mol. The average molecular weight is 429 g/mol. The van der Waals surface area contributed by atoms with Crippen LogP contribution in [-0.2, 0) is 12.7 Å². The normalized spacial score (nSPS) is 15.7. The van der Waals surface area contributed by atoms with Crippen molar-refractivity contribution in [3.8, 4) is 23.1 Å². The Bertz CT molecular complexity index is 1090. The lowest BCUT2D eigenvalue weighted by Gasteiger charge is -2.28. The van der Waals surface area contributed by atoms with Gasteiger partial charge in [0.05, 0.1) is 11.6 Å². The van der Waals surface area contributed by atoms with Gasteiger partial charge in [-0.1, -0.05) is 12.1 Å². The first-order valence-electron chi connectivity index (χ1n) is 9.84. The minimum Gasteiger partial charge on any atom is -0.299 e. The summed E-state index contributed by atoms with van der Waals surface area (Å²) in [6, 6.07) is 10.7. The van der Waals surface area contributed by atoms with Crippen LogP contribution in [0.4, 0.5) is 17.6 Å². The highest BCUT2D eigenvalue weighted by Crippen LogP contribution is 2.30. The summed E-state index contributed by atoms with van der Waals surface area (Å²) in [5, 5.41) is 13.5. The Balaban J connectivity index is 1.67. The predicted octanol–water partition coefficient (Wildman–Crippen LogP) is 4.83. The largest absolute Gasteiger partial charge is 0.417 e. The zero-order valence-electron chi connectivity index (χ0n) is 16.5. The number of pyridine rings is 1. The van der Waals surface area contributed by atoms with Gasteiger partial charge in [-0.15, -0.1) is 0 Å². The number of hydrogen-bond acceptors (Lipinski definition) is 4. The molecule has 0 unspecified atom stereocenters. The van der Waals surface area contributed by atoms with E-state index in [9.17, 15) is 17.6 Å². The summed E-state index contributed by atoms with van der Waals surface area (Å²) in [7, 11) is 0. The summed E-state index contributed by atoms with van der Waals surface area (Å²) in [4.78, 5) is 6.06. The molecule has 1 aliphatic heterocycles. The second-order valence-electron chi connectivity index (χ2n) is 7.51. The van der Waals surface area contributed by atoms with E-state index in [2.05, 4.69) is 21.1 Å². The third kappa shape index (κ3) is 4.59. The highest BCUT2D eigenvalue weighted by molar-refractivity contribution is 5.63. The van der Waals surface area contributed by atoms with Crippen LogP contribution >= 0.6 is 0 Å². The number of benzene rings is 1. The van der Waals surface area contributed by atoms with E-state index in [0.717, 1.165) is 43.8 Å². The number of likely N-dealkylation sites (tertiary alicyclic amines) is 1. The zero-order valence-corrected chi connectivity index (χ0v) is 16.5. The maximum absolute atomic E-state index is 14.5. The molecule has 4 rings (SSSR count). The average Bonchev–Trinajstić information content (AvgIpc) is 3.17. The minimum absolute atomic E-state index is 0.0429. The molecule has 9 heteroatoms. The van der Waals surface area contributed by atoms with Crippen molar-refractivity contribution in [3.05, 3.63) is 65.7 Å². The molecule has 1 saturated heterocycles. The molecule has 160 valence electrons. The van der Waals surface area contributed by atoms with E-state index in [0.29, 0.717) is 17.8 Å². The van der Waals surface area contributed by atoms with Crippen LogP contribution in [0, 0.1) is 23.1 Å². The summed E-state index contributed by atoms with van der Waals surface area (Å²) in [5.74, 6) is -0.182. The van der Waals surface area contributed by atoms with Gasteiger partial charge in [-0.25, -0.2) is 14.1 Å². The molecular formula is C22H19F4N5. The molecule has 1 fully saturated rings. The molecule has 0 aliphatic carbocycles. The minimum atomic E-state index is -4.48. The summed E-state index contributed by atoms with van der Waals surface area (Å²) >= 11 is 0. The third-order valence-electron chi connectivity index (χ3n) is 5.39. The van der Waals surface area contributed by atoms with Gasteiger partial charge in [0.25, 0.3) is 0 Å². The van der Waals surface area contributed by atoms with Gasteiger partial charge in [-0.2, -0.15) is 23.5 Å². The van der Waals surface area contributed by atoms with E-state index in [1.54, 1.807) is 24.4 Å². The SMILES string of the molecule is N#CC1CCN(Cc2cn(-c3ccc(C(F)(F)F)cn3)nc2-c2ccccc2F)CC1. The molecule has 0 radical (unpaired) electrons. The molecule has 0 atom stereocenters. The molecule has 2 aromatic heterocycles. The molecule has 0 amide bonds. The topological polar surface area (TPSA) is 57.7 Å². The van der Waals surface area contributed by atoms with E-state index < -0.39 is 17.6 Å². The Labute approximate surface area is 176 Å². The Morgan fingerprint density at radius 1 is 1.10 bits per heavy atom. The summed E-state index contributed by atoms with van der Waals surface area (Å²) in [5.41, 5.74) is 0.623. The Hall–Kier alpha value is -3.25. The number of nitrogens with zero attached hydrogens (tertiary/aromatic N) is 5. The van der Waals surface area contributed by atoms with Crippen LogP contribution in [0.3, 0.4) is 0 Å². The summed E-state index contributed by atoms with van der Waals surface area (Å²) in [6.45, 7) is 1.96. The lowest BCUT2D eigenvalue weighted by molar-refractivity contribution is -0.137. The van der Waals surface area contributed by atoms with E-state index >= 15 is 0 Å². The molecule has 1 aliphatic rings. The van der Waals surface area contributed by atoms with Crippen LogP contribution in [0.15, 0.2) is 48.8 Å². The van der Waals surface area contributed by atoms with Crippen LogP contribution in [0.2, 0.25) is 0 Å². The van der Waals surface area contributed by atoms with Gasteiger partial charge in [-0.3, -0.25) is 4.90 Å². The van der Waals surface area contributed by atoms with Crippen molar-refractivity contribution in [1.29, 1.82) is 5.26 Å². The maximum atomic E-state index is 14.5. The van der Waals surface area contributed by atoms with Gasteiger partial charge < -0.3 is 0 Å². The number of hydrogen-bond donors (Lipinski definition) is 0. The maximum Gasteiger partial charge on any atom is 0.417 e. The van der Waals surface area contributed by atoms with Crippen molar-refractivity contribution in [2.45, 2.75) is 25.6 Å². The molecule has 0 spiro atoms. The quantitative estimate of drug-likeness (QED) is 0.558. The third-order valence-corrected chi connectivity index (χ3v) is 5.39. The zero-order chi connectivity index (χ0) is 22.0.